The van der Waals surface area contributed by atoms with E-state index in [1.165, 1.54) is 11.1 Å². The van der Waals surface area contributed by atoms with Gasteiger partial charge in [-0.15, -0.1) is 0 Å². The highest BCUT2D eigenvalue weighted by molar-refractivity contribution is 5.78. The van der Waals surface area contributed by atoms with Crippen LogP contribution < -0.4 is 10.1 Å². The van der Waals surface area contributed by atoms with Gasteiger partial charge in [0.15, 0.2) is 0 Å². The fourth-order valence-electron chi connectivity index (χ4n) is 5.01. The Hall–Kier alpha value is -3.74. The molecule has 0 bridgehead atoms. The first kappa shape index (κ1) is 24.9. The number of hydrogen-bond acceptors (Lipinski definition) is 8. The summed E-state index contributed by atoms with van der Waals surface area (Å²) in [5.41, 5.74) is 4.38. The van der Waals surface area contributed by atoms with Crippen LogP contribution in [0.1, 0.15) is 43.0 Å². The number of amides is 1. The van der Waals surface area contributed by atoms with Gasteiger partial charge in [-0.1, -0.05) is 23.4 Å². The van der Waals surface area contributed by atoms with Crippen molar-refractivity contribution < 1.29 is 14.1 Å². The van der Waals surface area contributed by atoms with Gasteiger partial charge < -0.3 is 24.4 Å². The Balaban J connectivity index is 1.30. The number of nitrogens with zero attached hydrogens (tertiary/aromatic N) is 5. The highest BCUT2D eigenvalue weighted by Gasteiger charge is 2.28. The molecule has 1 aliphatic heterocycles. The van der Waals surface area contributed by atoms with Crippen LogP contribution in [-0.2, 0) is 11.2 Å². The second-order valence-electron chi connectivity index (χ2n) is 9.94. The molecule has 9 nitrogen and oxygen atoms in total. The van der Waals surface area contributed by atoms with E-state index in [4.69, 9.17) is 9.26 Å². The second-order valence-corrected chi connectivity index (χ2v) is 9.94. The zero-order valence-electron chi connectivity index (χ0n) is 21.5. The summed E-state index contributed by atoms with van der Waals surface area (Å²) in [5, 5.41) is 17.3. The van der Waals surface area contributed by atoms with E-state index in [1.54, 1.807) is 12.1 Å². The van der Waals surface area contributed by atoms with Gasteiger partial charge in [0, 0.05) is 43.3 Å². The number of piperazine rings is 1. The van der Waals surface area contributed by atoms with E-state index in [0.29, 0.717) is 35.1 Å². The largest absolute Gasteiger partial charge is 0.490 e. The molecular formula is C28H32N6O3. The van der Waals surface area contributed by atoms with Gasteiger partial charge in [0.2, 0.25) is 11.7 Å². The number of hydrogen-bond donors (Lipinski definition) is 1. The summed E-state index contributed by atoms with van der Waals surface area (Å²) in [5.74, 6) is 1.56. The number of ether oxygens (including phenoxy) is 1. The molecule has 37 heavy (non-hydrogen) atoms. The fraction of sp³-hybridized carbons (Fsp3) is 0.429. The molecule has 2 heterocycles. The Morgan fingerprint density at radius 2 is 2.05 bits per heavy atom. The van der Waals surface area contributed by atoms with Crippen LogP contribution in [0.25, 0.3) is 22.8 Å². The number of benzene rings is 2. The molecule has 2 aromatic carbocycles. The third-order valence-electron chi connectivity index (χ3n) is 7.00. The predicted molar refractivity (Wildman–Crippen MR) is 139 cm³/mol. The average Bonchev–Trinajstić information content (AvgIpc) is 3.55. The van der Waals surface area contributed by atoms with Gasteiger partial charge in [0.1, 0.15) is 11.8 Å². The van der Waals surface area contributed by atoms with Gasteiger partial charge in [0.05, 0.1) is 18.2 Å². The monoisotopic (exact) mass is 500 g/mol. The predicted octanol–water partition coefficient (Wildman–Crippen LogP) is 3.41. The lowest BCUT2D eigenvalue weighted by molar-refractivity contribution is -0.131. The highest BCUT2D eigenvalue weighted by atomic mass is 16.5. The first-order valence-electron chi connectivity index (χ1n) is 12.8. The van der Waals surface area contributed by atoms with Crippen LogP contribution in [0.2, 0.25) is 0 Å². The van der Waals surface area contributed by atoms with E-state index in [2.05, 4.69) is 39.5 Å². The number of nitriles is 1. The smallest absolute Gasteiger partial charge is 0.258 e. The van der Waals surface area contributed by atoms with E-state index < -0.39 is 0 Å². The number of aromatic nitrogens is 2. The normalized spacial score (nSPS) is 17.6. The zero-order valence-corrected chi connectivity index (χ0v) is 21.5. The molecule has 1 saturated heterocycles. The van der Waals surface area contributed by atoms with Gasteiger partial charge in [-0.3, -0.25) is 4.79 Å². The highest BCUT2D eigenvalue weighted by Crippen LogP contribution is 2.37. The van der Waals surface area contributed by atoms with Crippen molar-refractivity contribution in [2.45, 2.75) is 38.8 Å². The summed E-state index contributed by atoms with van der Waals surface area (Å²) >= 11 is 0. The maximum Gasteiger partial charge on any atom is 0.258 e. The van der Waals surface area contributed by atoms with E-state index in [9.17, 15) is 10.1 Å². The maximum absolute atomic E-state index is 12.7. The molecule has 1 aromatic heterocycles. The van der Waals surface area contributed by atoms with Crippen molar-refractivity contribution in [3.05, 3.63) is 53.1 Å². The molecule has 5 rings (SSSR count). The summed E-state index contributed by atoms with van der Waals surface area (Å²) in [4.78, 5) is 21.5. The van der Waals surface area contributed by atoms with Gasteiger partial charge in [-0.05, 0) is 63.1 Å². The van der Waals surface area contributed by atoms with Crippen LogP contribution >= 0.6 is 0 Å². The summed E-state index contributed by atoms with van der Waals surface area (Å²) in [6, 6.07) is 13.7. The summed E-state index contributed by atoms with van der Waals surface area (Å²) in [6.07, 6.45) is 1.75. The minimum Gasteiger partial charge on any atom is -0.490 e. The molecule has 0 spiro atoms. The van der Waals surface area contributed by atoms with Crippen molar-refractivity contribution >= 4 is 5.91 Å². The average molecular weight is 501 g/mol. The Morgan fingerprint density at radius 3 is 2.81 bits per heavy atom. The van der Waals surface area contributed by atoms with Gasteiger partial charge in [0.25, 0.3) is 5.89 Å². The Bertz CT molecular complexity index is 1320. The van der Waals surface area contributed by atoms with Crippen LogP contribution in [0.4, 0.5) is 0 Å². The fourth-order valence-corrected chi connectivity index (χ4v) is 5.01. The van der Waals surface area contributed by atoms with Crippen molar-refractivity contribution in [2.75, 3.05) is 39.8 Å². The van der Waals surface area contributed by atoms with Crippen LogP contribution in [0.3, 0.4) is 0 Å². The minimum atomic E-state index is -0.0312. The number of likely N-dealkylation sites (N-methyl/N-ethyl adjacent to an activating group) is 1. The molecule has 192 valence electrons. The van der Waals surface area contributed by atoms with E-state index >= 15 is 0 Å². The lowest BCUT2D eigenvalue weighted by atomic mass is 10.0. The number of carbonyl (C=O) groups is 1. The summed E-state index contributed by atoms with van der Waals surface area (Å²) < 4.78 is 11.3. The van der Waals surface area contributed by atoms with E-state index in [1.807, 2.05) is 36.9 Å². The quantitative estimate of drug-likeness (QED) is 0.526. The molecule has 0 saturated carbocycles. The van der Waals surface area contributed by atoms with Crippen LogP contribution in [0.15, 0.2) is 40.9 Å². The third kappa shape index (κ3) is 5.36. The van der Waals surface area contributed by atoms with Crippen molar-refractivity contribution in [1.82, 2.24) is 25.3 Å². The van der Waals surface area contributed by atoms with E-state index in [0.717, 1.165) is 44.6 Å². The number of rotatable bonds is 7. The van der Waals surface area contributed by atoms with Crippen LogP contribution in [0.5, 0.6) is 5.75 Å². The molecule has 1 amide bonds. The number of carbonyl (C=O) groups excluding carboxylic acids is 1. The molecular weight excluding hydrogens is 468 g/mol. The standard InChI is InChI=1S/C28H32N6O3/c1-18(2)36-25-10-7-19(15-20(25)16-29)28-31-27(32-37-28)23-6-4-5-22-21(23)8-9-24(22)30-17-26(35)34-13-11-33(3)12-14-34/h4-7,10,15,18,24,30H,8-9,11-14,17H2,1-3H3/t24-/m1/s1. The topological polar surface area (TPSA) is 108 Å². The summed E-state index contributed by atoms with van der Waals surface area (Å²) in [7, 11) is 2.09. The molecule has 1 N–H and O–H groups in total. The van der Waals surface area contributed by atoms with Crippen LogP contribution in [0, 0.1) is 11.3 Å². The first-order chi connectivity index (χ1) is 17.9. The van der Waals surface area contributed by atoms with Crippen molar-refractivity contribution in [3.63, 3.8) is 0 Å². The lowest BCUT2D eigenvalue weighted by Crippen LogP contribution is -2.49. The molecule has 1 fully saturated rings. The third-order valence-corrected chi connectivity index (χ3v) is 7.00. The zero-order chi connectivity index (χ0) is 25.9. The van der Waals surface area contributed by atoms with Crippen molar-refractivity contribution in [1.29, 1.82) is 5.26 Å². The van der Waals surface area contributed by atoms with Gasteiger partial charge in [-0.25, -0.2) is 0 Å². The molecule has 0 radical (unpaired) electrons. The van der Waals surface area contributed by atoms with Crippen molar-refractivity contribution in [2.24, 2.45) is 0 Å². The molecule has 1 aliphatic carbocycles. The van der Waals surface area contributed by atoms with Gasteiger partial charge in [-0.2, -0.15) is 10.2 Å². The van der Waals surface area contributed by atoms with Crippen LogP contribution in [-0.4, -0.2) is 71.7 Å². The maximum atomic E-state index is 12.7. The molecule has 9 heteroatoms. The number of nitrogens with one attached hydrogen (secondary N) is 1. The van der Waals surface area contributed by atoms with E-state index in [-0.39, 0.29) is 18.1 Å². The molecule has 0 unspecified atom stereocenters. The second kappa shape index (κ2) is 10.7. The summed E-state index contributed by atoms with van der Waals surface area (Å²) in [6.45, 7) is 7.58. The Morgan fingerprint density at radius 1 is 1.24 bits per heavy atom. The Labute approximate surface area is 217 Å². The minimum absolute atomic E-state index is 0.0312. The van der Waals surface area contributed by atoms with Crippen molar-refractivity contribution in [3.8, 4) is 34.7 Å². The first-order valence-corrected chi connectivity index (χ1v) is 12.8. The molecule has 2 aliphatic rings. The number of fused-ring (bicyclic) bond motifs is 1. The Kier molecular flexibility index (Phi) is 7.22. The SMILES string of the molecule is CC(C)Oc1ccc(-c2nc(-c3cccc4c3CC[C@H]4NCC(=O)N3CCN(C)CC3)no2)cc1C#N. The van der Waals surface area contributed by atoms with Gasteiger partial charge >= 0.3 is 0 Å². The molecule has 1 atom stereocenters. The molecule has 3 aromatic rings. The lowest BCUT2D eigenvalue weighted by Gasteiger charge is -2.32.